The van der Waals surface area contributed by atoms with Gasteiger partial charge in [-0.3, -0.25) is 9.59 Å². The van der Waals surface area contributed by atoms with Crippen LogP contribution in [0.3, 0.4) is 0 Å². The zero-order valence-electron chi connectivity index (χ0n) is 31.5. The Hall–Kier alpha value is -4.33. The highest BCUT2D eigenvalue weighted by atomic mass is 32.1. The molecule has 13 nitrogen and oxygen atoms in total. The van der Waals surface area contributed by atoms with Gasteiger partial charge >= 0.3 is 18.2 Å². The molecule has 3 rings (SSSR count). The molecule has 2 aromatic rings. The molecule has 0 radical (unpaired) electrons. The minimum atomic E-state index is -5.08. The van der Waals surface area contributed by atoms with Crippen LogP contribution >= 0.6 is 0 Å². The Balaban J connectivity index is 0.00000156. The Morgan fingerprint density at radius 2 is 1.57 bits per heavy atom. The molecule has 1 heterocycles. The first-order valence-corrected chi connectivity index (χ1v) is 18.4. The number of hydrogen-bond acceptors (Lipinski definition) is 10. The number of hydrogen-bond donors (Lipinski definition) is 6. The van der Waals surface area contributed by atoms with Gasteiger partial charge in [-0.25, -0.2) is 18.4 Å². The van der Waals surface area contributed by atoms with Crippen molar-refractivity contribution < 1.29 is 65.0 Å². The van der Waals surface area contributed by atoms with Crippen molar-refractivity contribution in [3.8, 4) is 0 Å². The number of benzene rings is 2. The van der Waals surface area contributed by atoms with E-state index in [1.165, 1.54) is 5.56 Å². The Labute approximate surface area is 328 Å². The lowest BCUT2D eigenvalue weighted by atomic mass is 10.00. The molecule has 1 unspecified atom stereocenters. The number of aryl methyl sites for hydroxylation is 1. The molecule has 0 spiro atoms. The van der Waals surface area contributed by atoms with Crippen LogP contribution in [0.2, 0.25) is 0 Å². The van der Waals surface area contributed by atoms with E-state index in [1.54, 1.807) is 0 Å². The summed E-state index contributed by atoms with van der Waals surface area (Å²) in [4.78, 5) is 46.9. The number of alkyl halides is 3. The lowest BCUT2D eigenvalue weighted by Crippen LogP contribution is -2.56. The van der Waals surface area contributed by atoms with Crippen molar-refractivity contribution in [2.45, 2.75) is 115 Å². The molecular formula is C37H51F5N4O9S. The summed E-state index contributed by atoms with van der Waals surface area (Å²) in [6.45, 7) is 6.44. The molecule has 3 amide bonds. The third kappa shape index (κ3) is 20.0. The SMILES string of the molecule is CCCC(CCC)OCC(NC(=O)OC[C@@H]1CCC(=O)N1)C(=O)N[C@@H](Cc1cc(F)cc(F)c1)[C@H](O)CNCc1cccc(CC)c1.O=C(O)C(F)(F)F.O=S. The first-order chi connectivity index (χ1) is 26.5. The summed E-state index contributed by atoms with van der Waals surface area (Å²) in [5.74, 6) is -5.08. The second-order valence-corrected chi connectivity index (χ2v) is 12.9. The maximum Gasteiger partial charge on any atom is 0.490 e. The maximum absolute atomic E-state index is 14.1. The van der Waals surface area contributed by atoms with Crippen LogP contribution in [0.4, 0.5) is 26.7 Å². The number of amides is 3. The van der Waals surface area contributed by atoms with Crippen molar-refractivity contribution >= 4 is 36.4 Å². The van der Waals surface area contributed by atoms with Crippen molar-refractivity contribution in [1.82, 2.24) is 21.3 Å². The zero-order chi connectivity index (χ0) is 42.3. The van der Waals surface area contributed by atoms with E-state index < -0.39 is 54.0 Å². The summed E-state index contributed by atoms with van der Waals surface area (Å²) in [6, 6.07) is 8.60. The van der Waals surface area contributed by atoms with Gasteiger partial charge in [0, 0.05) is 25.6 Å². The summed E-state index contributed by atoms with van der Waals surface area (Å²) in [6.07, 6.45) is -2.25. The number of aliphatic hydroxyl groups is 1. The van der Waals surface area contributed by atoms with E-state index in [-0.39, 0.29) is 49.8 Å². The van der Waals surface area contributed by atoms with Gasteiger partial charge < -0.3 is 41.0 Å². The molecular weight excluding hydrogens is 771 g/mol. The highest BCUT2D eigenvalue weighted by Gasteiger charge is 2.38. The normalized spacial score (nSPS) is 15.2. The smallest absolute Gasteiger partial charge is 0.475 e. The molecule has 1 aliphatic rings. The van der Waals surface area contributed by atoms with Gasteiger partial charge in [0.25, 0.3) is 0 Å². The largest absolute Gasteiger partial charge is 0.490 e. The van der Waals surface area contributed by atoms with Crippen LogP contribution < -0.4 is 21.3 Å². The predicted octanol–water partition coefficient (Wildman–Crippen LogP) is 4.36. The molecule has 0 bridgehead atoms. The van der Waals surface area contributed by atoms with Crippen LogP contribution in [-0.4, -0.2) is 94.6 Å². The van der Waals surface area contributed by atoms with E-state index in [0.717, 1.165) is 55.9 Å². The van der Waals surface area contributed by atoms with Gasteiger partial charge in [0.1, 0.15) is 24.3 Å². The first kappa shape index (κ1) is 49.7. The Morgan fingerprint density at radius 1 is 0.964 bits per heavy atom. The molecule has 0 saturated carbocycles. The molecule has 1 saturated heterocycles. The topological polar surface area (TPSA) is 192 Å². The standard InChI is InChI=1S/C35H50F2N4O6.C2HF3O2.OS/c1-4-8-29(9-5-2)46-22-31(41-35(45)47-21-28-12-13-33(43)39-28)34(44)40-30(17-25-15-26(36)18-27(37)16-25)32(42)20-38-19-24-11-7-10-23(6-3)14-24;3-2(4,5)1(6)7;1-2/h7,10-11,14-16,18,28-32,38,42H,4-6,8-9,12-13,17,19-22H2,1-3H3,(H,39,43)(H,40,44)(H,41,45);(H,6,7);/t28-,30-,31?,32+;;/m0../s1. The lowest BCUT2D eigenvalue weighted by Gasteiger charge is -2.28. The summed E-state index contributed by atoms with van der Waals surface area (Å²) < 4.78 is 79.1. The quantitative estimate of drug-likeness (QED) is 0.104. The zero-order valence-corrected chi connectivity index (χ0v) is 32.3. The second kappa shape index (κ2) is 26.5. The van der Waals surface area contributed by atoms with E-state index in [1.807, 2.05) is 32.0 Å². The minimum absolute atomic E-state index is 0.0552. The van der Waals surface area contributed by atoms with Gasteiger partial charge in [-0.15, -0.1) is 0 Å². The Bertz CT molecular complexity index is 1500. The van der Waals surface area contributed by atoms with Gasteiger partial charge in [-0.05, 0) is 60.9 Å². The maximum atomic E-state index is 14.1. The highest BCUT2D eigenvalue weighted by molar-refractivity contribution is 7.44. The minimum Gasteiger partial charge on any atom is -0.475 e. The van der Waals surface area contributed by atoms with Crippen LogP contribution in [0.15, 0.2) is 42.5 Å². The van der Waals surface area contributed by atoms with Gasteiger partial charge in [-0.2, -0.15) is 17.4 Å². The van der Waals surface area contributed by atoms with Crippen LogP contribution in [0.5, 0.6) is 0 Å². The second-order valence-electron chi connectivity index (χ2n) is 12.9. The fourth-order valence-corrected chi connectivity index (χ4v) is 5.55. The van der Waals surface area contributed by atoms with E-state index >= 15 is 0 Å². The number of aliphatic hydroxyl groups excluding tert-OH is 1. The summed E-state index contributed by atoms with van der Waals surface area (Å²) in [7, 11) is 0. The average Bonchev–Trinajstić information content (AvgIpc) is 3.57. The number of rotatable bonds is 20. The highest BCUT2D eigenvalue weighted by Crippen LogP contribution is 2.15. The number of halogens is 5. The number of carbonyl (C=O) groups is 4. The van der Waals surface area contributed by atoms with Crippen LogP contribution in [0, 0.1) is 11.6 Å². The molecule has 19 heteroatoms. The number of aliphatic carboxylic acids is 1. The Kier molecular flexibility index (Phi) is 23.5. The van der Waals surface area contributed by atoms with Crippen molar-refractivity contribution in [2.24, 2.45) is 0 Å². The van der Waals surface area contributed by atoms with Crippen molar-refractivity contribution in [3.63, 3.8) is 0 Å². The Morgan fingerprint density at radius 3 is 2.11 bits per heavy atom. The van der Waals surface area contributed by atoms with Gasteiger partial charge in [0.05, 0.1) is 30.9 Å². The van der Waals surface area contributed by atoms with E-state index in [9.17, 15) is 41.4 Å². The molecule has 6 N–H and O–H groups in total. The number of nitrogens with one attached hydrogen (secondary N) is 4. The molecule has 0 aromatic heterocycles. The average molecular weight is 823 g/mol. The number of ether oxygens (including phenoxy) is 2. The van der Waals surface area contributed by atoms with Crippen molar-refractivity contribution in [1.29, 1.82) is 0 Å². The van der Waals surface area contributed by atoms with Crippen molar-refractivity contribution in [2.75, 3.05) is 19.8 Å². The molecule has 2 aromatic carbocycles. The number of alkyl carbamates (subject to hydrolysis) is 1. The van der Waals surface area contributed by atoms with E-state index in [4.69, 9.17) is 23.6 Å². The molecule has 1 fully saturated rings. The summed E-state index contributed by atoms with van der Waals surface area (Å²) in [5, 5.41) is 29.6. The third-order valence-electron chi connectivity index (χ3n) is 8.32. The molecule has 314 valence electrons. The van der Waals surface area contributed by atoms with Crippen LogP contribution in [0.1, 0.15) is 76.0 Å². The summed E-state index contributed by atoms with van der Waals surface area (Å²) >= 11 is 2.83. The lowest BCUT2D eigenvalue weighted by molar-refractivity contribution is -0.192. The van der Waals surface area contributed by atoms with Crippen molar-refractivity contribution in [3.05, 3.63) is 70.8 Å². The number of carboxylic acid groups (broad SMARTS) is 1. The van der Waals surface area contributed by atoms with E-state index in [2.05, 4.69) is 46.8 Å². The molecule has 4 atom stereocenters. The number of carbonyl (C=O) groups excluding carboxylic acids is 3. The fraction of sp³-hybridized carbons (Fsp3) is 0.568. The van der Waals surface area contributed by atoms with E-state index in [0.29, 0.717) is 19.4 Å². The summed E-state index contributed by atoms with van der Waals surface area (Å²) in [5.41, 5.74) is 2.44. The predicted molar refractivity (Wildman–Crippen MR) is 196 cm³/mol. The molecule has 0 aliphatic carbocycles. The van der Waals surface area contributed by atoms with Gasteiger partial charge in [0.2, 0.25) is 11.8 Å². The van der Waals surface area contributed by atoms with Crippen LogP contribution in [0.25, 0.3) is 0 Å². The first-order valence-electron chi connectivity index (χ1n) is 18.1. The fourth-order valence-electron chi connectivity index (χ4n) is 5.55. The van der Waals surface area contributed by atoms with Crippen LogP contribution in [-0.2, 0) is 55.8 Å². The third-order valence-corrected chi connectivity index (χ3v) is 8.32. The molecule has 56 heavy (non-hydrogen) atoms. The monoisotopic (exact) mass is 822 g/mol. The molecule has 1 aliphatic heterocycles. The number of carboxylic acids is 1. The van der Waals surface area contributed by atoms with Gasteiger partial charge in [-0.1, -0.05) is 57.9 Å². The van der Waals surface area contributed by atoms with Gasteiger partial charge in [0.15, 0.2) is 12.5 Å².